The zero-order valence-corrected chi connectivity index (χ0v) is 9.62. The maximum atomic E-state index is 12.0. The monoisotopic (exact) mass is 214 g/mol. The summed E-state index contributed by atoms with van der Waals surface area (Å²) in [6.07, 6.45) is 2.66. The van der Waals surface area contributed by atoms with Crippen molar-refractivity contribution < 1.29 is 9.90 Å². The Kier molecular flexibility index (Phi) is 4.11. The molecule has 15 heavy (non-hydrogen) atoms. The number of carbonyl (C=O) groups excluding carboxylic acids is 1. The molecule has 1 rings (SSSR count). The highest BCUT2D eigenvalue weighted by molar-refractivity contribution is 5.83. The van der Waals surface area contributed by atoms with Gasteiger partial charge in [-0.2, -0.15) is 0 Å². The molecule has 0 aromatic carbocycles. The third-order valence-electron chi connectivity index (χ3n) is 3.67. The van der Waals surface area contributed by atoms with Crippen molar-refractivity contribution in [3.63, 3.8) is 0 Å². The molecule has 0 atom stereocenters. The molecule has 0 heterocycles. The standard InChI is InChI=1S/C11H22N2O2/c1-3-11(4-2,7-12)10(15)13-8-5-9(14)6-8/h8-9,14H,3-7,12H2,1-2H3,(H,13,15). The molecule has 88 valence electrons. The minimum absolute atomic E-state index is 0.0481. The molecule has 0 aromatic heterocycles. The fourth-order valence-corrected chi connectivity index (χ4v) is 2.00. The Morgan fingerprint density at radius 2 is 2.00 bits per heavy atom. The van der Waals surface area contributed by atoms with E-state index in [4.69, 9.17) is 10.8 Å². The van der Waals surface area contributed by atoms with Gasteiger partial charge in [0.1, 0.15) is 0 Å². The summed E-state index contributed by atoms with van der Waals surface area (Å²) in [6, 6.07) is 0.150. The van der Waals surface area contributed by atoms with Crippen LogP contribution in [0.1, 0.15) is 39.5 Å². The Labute approximate surface area is 91.2 Å². The number of hydrogen-bond acceptors (Lipinski definition) is 3. The van der Waals surface area contributed by atoms with Crippen LogP contribution in [0.25, 0.3) is 0 Å². The number of aliphatic hydroxyl groups is 1. The molecule has 0 saturated heterocycles. The van der Waals surface area contributed by atoms with Gasteiger partial charge in [0.25, 0.3) is 0 Å². The lowest BCUT2D eigenvalue weighted by Gasteiger charge is -2.36. The summed E-state index contributed by atoms with van der Waals surface area (Å²) >= 11 is 0. The van der Waals surface area contributed by atoms with Crippen LogP contribution < -0.4 is 11.1 Å². The van der Waals surface area contributed by atoms with E-state index in [-0.39, 0.29) is 18.1 Å². The molecule has 1 fully saturated rings. The fourth-order valence-electron chi connectivity index (χ4n) is 2.00. The number of aliphatic hydroxyl groups excluding tert-OH is 1. The molecule has 0 bridgehead atoms. The Morgan fingerprint density at radius 3 is 2.33 bits per heavy atom. The van der Waals surface area contributed by atoms with Crippen LogP contribution >= 0.6 is 0 Å². The topological polar surface area (TPSA) is 75.4 Å². The van der Waals surface area contributed by atoms with Gasteiger partial charge in [-0.15, -0.1) is 0 Å². The van der Waals surface area contributed by atoms with Crippen LogP contribution in [-0.2, 0) is 4.79 Å². The van der Waals surface area contributed by atoms with Crippen molar-refractivity contribution in [3.8, 4) is 0 Å². The second-order valence-corrected chi connectivity index (χ2v) is 4.49. The van der Waals surface area contributed by atoms with Crippen molar-refractivity contribution in [2.75, 3.05) is 6.54 Å². The Bertz CT molecular complexity index is 212. The van der Waals surface area contributed by atoms with Crippen LogP contribution in [0.3, 0.4) is 0 Å². The SMILES string of the molecule is CCC(CC)(CN)C(=O)NC1CC(O)C1. The zero-order valence-electron chi connectivity index (χ0n) is 9.62. The van der Waals surface area contributed by atoms with E-state index < -0.39 is 5.41 Å². The molecule has 0 spiro atoms. The highest BCUT2D eigenvalue weighted by Gasteiger charge is 2.37. The molecule has 1 aliphatic rings. The molecule has 4 nitrogen and oxygen atoms in total. The molecule has 0 aliphatic heterocycles. The number of hydrogen-bond donors (Lipinski definition) is 3. The van der Waals surface area contributed by atoms with Crippen LogP contribution in [0, 0.1) is 5.41 Å². The van der Waals surface area contributed by atoms with Gasteiger partial charge in [0.05, 0.1) is 11.5 Å². The molecular weight excluding hydrogens is 192 g/mol. The molecule has 1 aliphatic carbocycles. The lowest BCUT2D eigenvalue weighted by molar-refractivity contribution is -0.133. The number of rotatable bonds is 5. The summed E-state index contributed by atoms with van der Waals surface area (Å²) in [5.74, 6) is 0.0481. The highest BCUT2D eigenvalue weighted by atomic mass is 16.3. The van der Waals surface area contributed by atoms with E-state index in [1.165, 1.54) is 0 Å². The number of carbonyl (C=O) groups is 1. The summed E-state index contributed by atoms with van der Waals surface area (Å²) in [4.78, 5) is 12.0. The summed E-state index contributed by atoms with van der Waals surface area (Å²) in [6.45, 7) is 4.37. The normalized spacial score (nSPS) is 25.9. The van der Waals surface area contributed by atoms with Crippen LogP contribution in [0.15, 0.2) is 0 Å². The molecule has 0 unspecified atom stereocenters. The van der Waals surface area contributed by atoms with E-state index in [9.17, 15) is 4.79 Å². The van der Waals surface area contributed by atoms with Gasteiger partial charge in [-0.3, -0.25) is 4.79 Å². The summed E-state index contributed by atoms with van der Waals surface area (Å²) in [5, 5.41) is 12.1. The lowest BCUT2D eigenvalue weighted by atomic mass is 9.80. The van der Waals surface area contributed by atoms with E-state index in [0.717, 1.165) is 12.8 Å². The number of nitrogens with one attached hydrogen (secondary N) is 1. The van der Waals surface area contributed by atoms with Gasteiger partial charge in [-0.1, -0.05) is 13.8 Å². The highest BCUT2D eigenvalue weighted by Crippen LogP contribution is 2.27. The first-order chi connectivity index (χ1) is 7.07. The van der Waals surface area contributed by atoms with E-state index >= 15 is 0 Å². The molecule has 4 heteroatoms. The van der Waals surface area contributed by atoms with Crippen LogP contribution in [0.4, 0.5) is 0 Å². The maximum absolute atomic E-state index is 12.0. The second-order valence-electron chi connectivity index (χ2n) is 4.49. The Morgan fingerprint density at radius 1 is 1.47 bits per heavy atom. The van der Waals surface area contributed by atoms with Crippen molar-refractivity contribution in [1.82, 2.24) is 5.32 Å². The molecule has 0 aromatic rings. The van der Waals surface area contributed by atoms with E-state index in [1.807, 2.05) is 13.8 Å². The Balaban J connectivity index is 2.49. The molecule has 0 radical (unpaired) electrons. The van der Waals surface area contributed by atoms with Gasteiger partial charge in [-0.25, -0.2) is 0 Å². The first kappa shape index (κ1) is 12.5. The third kappa shape index (κ3) is 2.49. The molecular formula is C11H22N2O2. The quantitative estimate of drug-likeness (QED) is 0.619. The fraction of sp³-hybridized carbons (Fsp3) is 0.909. The summed E-state index contributed by atoms with van der Waals surface area (Å²) in [5.41, 5.74) is 5.27. The van der Waals surface area contributed by atoms with Gasteiger partial charge in [0, 0.05) is 12.6 Å². The first-order valence-electron chi connectivity index (χ1n) is 5.77. The zero-order chi connectivity index (χ0) is 11.5. The average molecular weight is 214 g/mol. The van der Waals surface area contributed by atoms with E-state index in [2.05, 4.69) is 5.32 Å². The van der Waals surface area contributed by atoms with E-state index in [1.54, 1.807) is 0 Å². The Hall–Kier alpha value is -0.610. The molecule has 1 amide bonds. The van der Waals surface area contributed by atoms with Crippen LogP contribution in [0.2, 0.25) is 0 Å². The van der Waals surface area contributed by atoms with Gasteiger partial charge in [0.2, 0.25) is 5.91 Å². The van der Waals surface area contributed by atoms with Gasteiger partial charge < -0.3 is 16.2 Å². The van der Waals surface area contributed by atoms with Gasteiger partial charge in [0.15, 0.2) is 0 Å². The predicted octanol–water partition coefficient (Wildman–Crippen LogP) is 0.391. The largest absolute Gasteiger partial charge is 0.393 e. The number of nitrogens with two attached hydrogens (primary N) is 1. The number of amides is 1. The molecule has 4 N–H and O–H groups in total. The van der Waals surface area contributed by atoms with Crippen molar-refractivity contribution in [1.29, 1.82) is 0 Å². The minimum atomic E-state index is -0.416. The third-order valence-corrected chi connectivity index (χ3v) is 3.67. The van der Waals surface area contributed by atoms with Gasteiger partial charge >= 0.3 is 0 Å². The maximum Gasteiger partial charge on any atom is 0.227 e. The average Bonchev–Trinajstić information content (AvgIpc) is 2.19. The van der Waals surface area contributed by atoms with Crippen LogP contribution in [-0.4, -0.2) is 29.7 Å². The van der Waals surface area contributed by atoms with Crippen molar-refractivity contribution in [2.45, 2.75) is 51.7 Å². The van der Waals surface area contributed by atoms with E-state index in [0.29, 0.717) is 19.4 Å². The van der Waals surface area contributed by atoms with Crippen LogP contribution in [0.5, 0.6) is 0 Å². The van der Waals surface area contributed by atoms with Crippen molar-refractivity contribution in [3.05, 3.63) is 0 Å². The summed E-state index contributed by atoms with van der Waals surface area (Å²) < 4.78 is 0. The lowest BCUT2D eigenvalue weighted by Crippen LogP contribution is -2.53. The first-order valence-corrected chi connectivity index (χ1v) is 5.77. The predicted molar refractivity (Wildman–Crippen MR) is 59.2 cm³/mol. The minimum Gasteiger partial charge on any atom is -0.393 e. The van der Waals surface area contributed by atoms with Crippen molar-refractivity contribution in [2.24, 2.45) is 11.1 Å². The summed E-state index contributed by atoms with van der Waals surface area (Å²) in [7, 11) is 0. The van der Waals surface area contributed by atoms with Crippen molar-refractivity contribution >= 4 is 5.91 Å². The smallest absolute Gasteiger partial charge is 0.227 e. The second kappa shape index (κ2) is 4.94. The molecule has 1 saturated carbocycles. The van der Waals surface area contributed by atoms with Gasteiger partial charge in [-0.05, 0) is 25.7 Å².